The molecule has 0 spiro atoms. The second-order valence-electron chi connectivity index (χ2n) is 4.79. The molecule has 0 saturated heterocycles. The van der Waals surface area contributed by atoms with Crippen LogP contribution in [0.5, 0.6) is 5.75 Å². The summed E-state index contributed by atoms with van der Waals surface area (Å²) in [6, 6.07) is 4.20. The Morgan fingerprint density at radius 3 is 2.79 bits per heavy atom. The summed E-state index contributed by atoms with van der Waals surface area (Å²) < 4.78 is 5.48. The highest BCUT2D eigenvalue weighted by Gasteiger charge is 2.12. The highest BCUT2D eigenvalue weighted by Crippen LogP contribution is 2.33. The van der Waals surface area contributed by atoms with Crippen molar-refractivity contribution < 1.29 is 4.74 Å². The molecule has 0 saturated carbocycles. The molecule has 0 aliphatic heterocycles. The molecule has 0 fully saturated rings. The van der Waals surface area contributed by atoms with E-state index in [-0.39, 0.29) is 0 Å². The van der Waals surface area contributed by atoms with Gasteiger partial charge in [-0.1, -0.05) is 6.07 Å². The molecule has 102 valence electrons. The van der Waals surface area contributed by atoms with Crippen molar-refractivity contribution >= 4 is 0 Å². The summed E-state index contributed by atoms with van der Waals surface area (Å²) in [7, 11) is 1.70. The maximum Gasteiger partial charge on any atom is 0.128 e. The van der Waals surface area contributed by atoms with Crippen LogP contribution in [0.4, 0.5) is 0 Å². The number of nitrogens with one attached hydrogen (secondary N) is 1. The highest BCUT2D eigenvalue weighted by molar-refractivity contribution is 5.71. The Bertz CT molecular complexity index is 561. The standard InChI is InChI=1S/C15H21N3O/c1-10-7-11(2)15(13(8-10)19-3)12-9-17-14(18-12)5-4-6-16/h7-9H,4-6,16H2,1-3H3,(H,17,18). The van der Waals surface area contributed by atoms with E-state index in [1.807, 2.05) is 12.3 Å². The predicted octanol–water partition coefficient (Wildman–Crippen LogP) is 2.59. The number of rotatable bonds is 5. The van der Waals surface area contributed by atoms with Crippen LogP contribution in [0.3, 0.4) is 0 Å². The first-order valence-electron chi connectivity index (χ1n) is 6.55. The number of aromatic nitrogens is 2. The molecule has 0 bridgehead atoms. The molecule has 0 amide bonds. The number of ether oxygens (including phenoxy) is 1. The second kappa shape index (κ2) is 5.89. The normalized spacial score (nSPS) is 10.7. The summed E-state index contributed by atoms with van der Waals surface area (Å²) in [5.41, 5.74) is 9.98. The Morgan fingerprint density at radius 2 is 2.11 bits per heavy atom. The number of hydrogen-bond donors (Lipinski definition) is 2. The Balaban J connectivity index is 2.38. The van der Waals surface area contributed by atoms with E-state index in [1.54, 1.807) is 7.11 Å². The molecule has 2 aromatic rings. The van der Waals surface area contributed by atoms with Crippen molar-refractivity contribution in [3.8, 4) is 17.0 Å². The minimum absolute atomic E-state index is 0.683. The van der Waals surface area contributed by atoms with Crippen LogP contribution in [0.25, 0.3) is 11.3 Å². The van der Waals surface area contributed by atoms with Crippen LogP contribution >= 0.6 is 0 Å². The van der Waals surface area contributed by atoms with Gasteiger partial charge in [0.1, 0.15) is 11.6 Å². The first kappa shape index (κ1) is 13.6. The third-order valence-corrected chi connectivity index (χ3v) is 3.18. The molecule has 1 aromatic heterocycles. The van der Waals surface area contributed by atoms with Gasteiger partial charge in [0.15, 0.2) is 0 Å². The highest BCUT2D eigenvalue weighted by atomic mass is 16.5. The monoisotopic (exact) mass is 259 g/mol. The fourth-order valence-corrected chi connectivity index (χ4v) is 2.32. The van der Waals surface area contributed by atoms with Crippen LogP contribution in [0.15, 0.2) is 18.3 Å². The van der Waals surface area contributed by atoms with Gasteiger partial charge in [0, 0.05) is 12.0 Å². The summed E-state index contributed by atoms with van der Waals surface area (Å²) in [6.45, 7) is 4.84. The van der Waals surface area contributed by atoms with Crippen LogP contribution in [0, 0.1) is 13.8 Å². The summed E-state index contributed by atoms with van der Waals surface area (Å²) in [4.78, 5) is 7.75. The van der Waals surface area contributed by atoms with Crippen LogP contribution in [0.1, 0.15) is 23.4 Å². The SMILES string of the molecule is COc1cc(C)cc(C)c1-c1cnc(CCCN)[nH]1. The molecule has 0 aliphatic carbocycles. The van der Waals surface area contributed by atoms with Gasteiger partial charge >= 0.3 is 0 Å². The maximum absolute atomic E-state index is 5.52. The quantitative estimate of drug-likeness (QED) is 0.867. The Labute approximate surface area is 114 Å². The van der Waals surface area contributed by atoms with Gasteiger partial charge in [-0.3, -0.25) is 0 Å². The average Bonchev–Trinajstić information content (AvgIpc) is 2.83. The molecular formula is C15H21N3O. The lowest BCUT2D eigenvalue weighted by Crippen LogP contribution is -2.01. The predicted molar refractivity (Wildman–Crippen MR) is 77.4 cm³/mol. The number of nitrogens with zero attached hydrogens (tertiary/aromatic N) is 1. The van der Waals surface area contributed by atoms with Crippen molar-refractivity contribution in [3.63, 3.8) is 0 Å². The Hall–Kier alpha value is -1.81. The van der Waals surface area contributed by atoms with E-state index < -0.39 is 0 Å². The van der Waals surface area contributed by atoms with Crippen molar-refractivity contribution in [2.45, 2.75) is 26.7 Å². The van der Waals surface area contributed by atoms with E-state index in [1.165, 1.54) is 11.1 Å². The number of benzene rings is 1. The van der Waals surface area contributed by atoms with Gasteiger partial charge in [-0.15, -0.1) is 0 Å². The Kier molecular flexibility index (Phi) is 4.22. The van der Waals surface area contributed by atoms with Gasteiger partial charge in [-0.25, -0.2) is 4.98 Å². The van der Waals surface area contributed by atoms with Gasteiger partial charge in [0.25, 0.3) is 0 Å². The number of hydrogen-bond acceptors (Lipinski definition) is 3. The minimum atomic E-state index is 0.683. The summed E-state index contributed by atoms with van der Waals surface area (Å²) in [6.07, 6.45) is 3.69. The van der Waals surface area contributed by atoms with E-state index in [2.05, 4.69) is 29.9 Å². The van der Waals surface area contributed by atoms with Gasteiger partial charge in [0.05, 0.1) is 19.0 Å². The van der Waals surface area contributed by atoms with Gasteiger partial charge in [0.2, 0.25) is 0 Å². The fraction of sp³-hybridized carbons (Fsp3) is 0.400. The van der Waals surface area contributed by atoms with E-state index >= 15 is 0 Å². The average molecular weight is 259 g/mol. The Morgan fingerprint density at radius 1 is 1.32 bits per heavy atom. The van der Waals surface area contributed by atoms with Crippen molar-refractivity contribution in [1.29, 1.82) is 0 Å². The fourth-order valence-electron chi connectivity index (χ4n) is 2.32. The summed E-state index contributed by atoms with van der Waals surface area (Å²) >= 11 is 0. The van der Waals surface area contributed by atoms with Gasteiger partial charge in [-0.2, -0.15) is 0 Å². The molecule has 2 rings (SSSR count). The van der Waals surface area contributed by atoms with Crippen molar-refractivity contribution in [2.75, 3.05) is 13.7 Å². The topological polar surface area (TPSA) is 63.9 Å². The molecule has 4 heteroatoms. The third kappa shape index (κ3) is 2.96. The molecule has 4 nitrogen and oxygen atoms in total. The first-order chi connectivity index (χ1) is 9.15. The first-order valence-corrected chi connectivity index (χ1v) is 6.55. The van der Waals surface area contributed by atoms with Crippen molar-refractivity contribution in [1.82, 2.24) is 9.97 Å². The van der Waals surface area contributed by atoms with E-state index in [0.717, 1.165) is 35.7 Å². The molecule has 3 N–H and O–H groups in total. The molecule has 0 aliphatic rings. The van der Waals surface area contributed by atoms with Crippen LogP contribution < -0.4 is 10.5 Å². The number of methoxy groups -OCH3 is 1. The number of imidazole rings is 1. The molecule has 1 heterocycles. The summed E-state index contributed by atoms with van der Waals surface area (Å²) in [5.74, 6) is 1.86. The van der Waals surface area contributed by atoms with E-state index in [4.69, 9.17) is 10.5 Å². The lowest BCUT2D eigenvalue weighted by Gasteiger charge is -2.11. The molecule has 0 radical (unpaired) electrons. The molecule has 0 unspecified atom stereocenters. The number of aromatic amines is 1. The van der Waals surface area contributed by atoms with Crippen LogP contribution in [-0.4, -0.2) is 23.6 Å². The van der Waals surface area contributed by atoms with Crippen LogP contribution in [-0.2, 0) is 6.42 Å². The summed E-state index contributed by atoms with van der Waals surface area (Å²) in [5, 5.41) is 0. The van der Waals surface area contributed by atoms with E-state index in [0.29, 0.717) is 6.54 Å². The minimum Gasteiger partial charge on any atom is -0.496 e. The molecule has 1 aromatic carbocycles. The zero-order chi connectivity index (χ0) is 13.8. The van der Waals surface area contributed by atoms with Crippen molar-refractivity contribution in [2.24, 2.45) is 5.73 Å². The lowest BCUT2D eigenvalue weighted by molar-refractivity contribution is 0.415. The largest absolute Gasteiger partial charge is 0.496 e. The van der Waals surface area contributed by atoms with E-state index in [9.17, 15) is 0 Å². The third-order valence-electron chi connectivity index (χ3n) is 3.18. The number of aryl methyl sites for hydroxylation is 3. The van der Waals surface area contributed by atoms with Gasteiger partial charge < -0.3 is 15.5 Å². The molecule has 0 atom stereocenters. The zero-order valence-corrected chi connectivity index (χ0v) is 11.8. The number of H-pyrrole nitrogens is 1. The zero-order valence-electron chi connectivity index (χ0n) is 11.8. The maximum atomic E-state index is 5.52. The molecule has 19 heavy (non-hydrogen) atoms. The molecular weight excluding hydrogens is 238 g/mol. The number of nitrogens with two attached hydrogens (primary N) is 1. The van der Waals surface area contributed by atoms with Gasteiger partial charge in [-0.05, 0) is 44.0 Å². The second-order valence-corrected chi connectivity index (χ2v) is 4.79. The smallest absolute Gasteiger partial charge is 0.128 e. The van der Waals surface area contributed by atoms with Crippen LogP contribution in [0.2, 0.25) is 0 Å². The van der Waals surface area contributed by atoms with Crippen molar-refractivity contribution in [3.05, 3.63) is 35.3 Å². The lowest BCUT2D eigenvalue weighted by atomic mass is 10.0.